The van der Waals surface area contributed by atoms with Crippen LogP contribution in [0.15, 0.2) is 36.7 Å². The van der Waals surface area contributed by atoms with E-state index in [-0.39, 0.29) is 11.1 Å². The van der Waals surface area contributed by atoms with Crippen molar-refractivity contribution in [3.63, 3.8) is 0 Å². The molecule has 0 atom stereocenters. The minimum absolute atomic E-state index is 0.0673. The number of piperazine rings is 1. The number of nitrogens with one attached hydrogen (secondary N) is 2. The largest absolute Gasteiger partial charge is 0.393 e. The van der Waals surface area contributed by atoms with Crippen molar-refractivity contribution in [1.29, 1.82) is 0 Å². The van der Waals surface area contributed by atoms with Gasteiger partial charge in [0.2, 0.25) is 0 Å². The van der Waals surface area contributed by atoms with Crippen molar-refractivity contribution in [2.75, 3.05) is 47.0 Å². The zero-order valence-electron chi connectivity index (χ0n) is 18.7. The van der Waals surface area contributed by atoms with Crippen LogP contribution >= 0.6 is 0 Å². The maximum atomic E-state index is 6.55. The molecular weight excluding hydrogens is 374 g/mol. The molecule has 3 heterocycles. The number of anilines is 4. The van der Waals surface area contributed by atoms with Gasteiger partial charge in [0.1, 0.15) is 12.0 Å². The van der Waals surface area contributed by atoms with E-state index in [0.717, 1.165) is 50.7 Å². The molecule has 7 nitrogen and oxygen atoms in total. The van der Waals surface area contributed by atoms with Gasteiger partial charge in [0.15, 0.2) is 11.6 Å². The predicted octanol–water partition coefficient (Wildman–Crippen LogP) is 3.11. The fourth-order valence-corrected chi connectivity index (χ4v) is 5.19. The molecule has 0 saturated carbocycles. The van der Waals surface area contributed by atoms with Gasteiger partial charge >= 0.3 is 0 Å². The van der Waals surface area contributed by atoms with Gasteiger partial charge in [-0.25, -0.2) is 9.97 Å². The minimum atomic E-state index is 0.0673. The molecule has 0 radical (unpaired) electrons. The molecule has 0 amide bonds. The smallest absolute Gasteiger partial charge is 0.157 e. The molecule has 30 heavy (non-hydrogen) atoms. The molecule has 7 heteroatoms. The third-order valence-electron chi connectivity index (χ3n) is 6.09. The Kier molecular flexibility index (Phi) is 5.49. The maximum Gasteiger partial charge on any atom is 0.157 e. The van der Waals surface area contributed by atoms with Crippen LogP contribution in [0.1, 0.15) is 40.5 Å². The van der Waals surface area contributed by atoms with Crippen molar-refractivity contribution >= 4 is 23.0 Å². The van der Waals surface area contributed by atoms with Gasteiger partial charge in [0, 0.05) is 49.0 Å². The standard InChI is InChI=1S/C23H35N7/c1-22(2)14-17(15-23(3,4)28-22)27-20-19(24)21(26-16-25-20)30-12-10-29(11-13-30)18-8-6-5-7-9-18/h5-9,16-17,28H,10-15,24H2,1-4H3,(H,25,26,27). The highest BCUT2D eigenvalue weighted by Gasteiger charge is 2.38. The van der Waals surface area contributed by atoms with Crippen molar-refractivity contribution in [1.82, 2.24) is 15.3 Å². The van der Waals surface area contributed by atoms with Crippen LogP contribution in [0.3, 0.4) is 0 Å². The third-order valence-corrected chi connectivity index (χ3v) is 6.09. The maximum absolute atomic E-state index is 6.55. The lowest BCUT2D eigenvalue weighted by Crippen LogP contribution is -2.60. The number of aromatic nitrogens is 2. The van der Waals surface area contributed by atoms with Crippen molar-refractivity contribution < 1.29 is 0 Å². The molecule has 2 aliphatic rings. The minimum Gasteiger partial charge on any atom is -0.393 e. The Morgan fingerprint density at radius 1 is 0.933 bits per heavy atom. The van der Waals surface area contributed by atoms with Gasteiger partial charge < -0.3 is 26.2 Å². The van der Waals surface area contributed by atoms with Crippen LogP contribution in [0.5, 0.6) is 0 Å². The summed E-state index contributed by atoms with van der Waals surface area (Å²) in [7, 11) is 0. The molecule has 4 rings (SSSR count). The summed E-state index contributed by atoms with van der Waals surface area (Å²) in [4.78, 5) is 13.7. The number of benzene rings is 1. The average Bonchev–Trinajstić information content (AvgIpc) is 2.68. The molecule has 2 aliphatic heterocycles. The quantitative estimate of drug-likeness (QED) is 0.716. The van der Waals surface area contributed by atoms with Gasteiger partial charge in [-0.1, -0.05) is 18.2 Å². The first-order valence-corrected chi connectivity index (χ1v) is 10.9. The van der Waals surface area contributed by atoms with Gasteiger partial charge in [-0.15, -0.1) is 0 Å². The summed E-state index contributed by atoms with van der Waals surface area (Å²) in [6.07, 6.45) is 3.67. The number of piperidine rings is 1. The lowest BCUT2D eigenvalue weighted by molar-refractivity contribution is 0.170. The van der Waals surface area contributed by atoms with Crippen molar-refractivity contribution in [2.45, 2.75) is 57.7 Å². The molecular formula is C23H35N7. The Hall–Kier alpha value is -2.54. The molecule has 2 saturated heterocycles. The Balaban J connectivity index is 1.45. The Labute approximate surface area is 180 Å². The van der Waals surface area contributed by atoms with E-state index in [4.69, 9.17) is 5.73 Å². The zero-order valence-corrected chi connectivity index (χ0v) is 18.7. The van der Waals surface area contributed by atoms with E-state index >= 15 is 0 Å². The summed E-state index contributed by atoms with van der Waals surface area (Å²) in [6.45, 7) is 12.7. The number of rotatable bonds is 4. The Bertz CT molecular complexity index is 841. The van der Waals surface area contributed by atoms with E-state index in [1.807, 2.05) is 0 Å². The summed E-state index contributed by atoms with van der Waals surface area (Å²) in [5.41, 5.74) is 8.61. The van der Waals surface area contributed by atoms with E-state index < -0.39 is 0 Å². The average molecular weight is 410 g/mol. The van der Waals surface area contributed by atoms with E-state index in [9.17, 15) is 0 Å². The van der Waals surface area contributed by atoms with Crippen molar-refractivity contribution in [2.24, 2.45) is 0 Å². The molecule has 0 bridgehead atoms. The van der Waals surface area contributed by atoms with Crippen LogP contribution in [0.4, 0.5) is 23.0 Å². The second-order valence-corrected chi connectivity index (χ2v) is 9.91. The number of nitrogens with zero attached hydrogens (tertiary/aromatic N) is 4. The lowest BCUT2D eigenvalue weighted by Gasteiger charge is -2.46. The molecule has 2 fully saturated rings. The van der Waals surface area contributed by atoms with Crippen LogP contribution in [0, 0.1) is 0 Å². The van der Waals surface area contributed by atoms with Gasteiger partial charge in [-0.05, 0) is 52.7 Å². The first-order chi connectivity index (χ1) is 14.2. The molecule has 1 aromatic carbocycles. The van der Waals surface area contributed by atoms with Crippen molar-refractivity contribution in [3.8, 4) is 0 Å². The number of hydrogen-bond acceptors (Lipinski definition) is 7. The Morgan fingerprint density at radius 3 is 2.17 bits per heavy atom. The summed E-state index contributed by atoms with van der Waals surface area (Å²) in [5.74, 6) is 1.59. The highest BCUT2D eigenvalue weighted by atomic mass is 15.3. The van der Waals surface area contributed by atoms with Crippen LogP contribution in [-0.4, -0.2) is 53.3 Å². The van der Waals surface area contributed by atoms with Crippen molar-refractivity contribution in [3.05, 3.63) is 36.7 Å². The highest BCUT2D eigenvalue weighted by Crippen LogP contribution is 2.33. The summed E-state index contributed by atoms with van der Waals surface area (Å²) < 4.78 is 0. The van der Waals surface area contributed by atoms with E-state index in [1.54, 1.807) is 6.33 Å². The number of nitrogen functional groups attached to an aromatic ring is 1. The lowest BCUT2D eigenvalue weighted by atomic mass is 9.79. The van der Waals surface area contributed by atoms with Crippen LogP contribution in [0.2, 0.25) is 0 Å². The molecule has 0 aliphatic carbocycles. The van der Waals surface area contributed by atoms with Gasteiger partial charge in [0.25, 0.3) is 0 Å². The normalized spacial score (nSPS) is 21.5. The third kappa shape index (κ3) is 4.61. The first-order valence-electron chi connectivity index (χ1n) is 10.9. The summed E-state index contributed by atoms with van der Waals surface area (Å²) in [6, 6.07) is 10.9. The SMILES string of the molecule is CC1(C)CC(Nc2ncnc(N3CCN(c4ccccc4)CC3)c2N)CC(C)(C)N1. The molecule has 2 aromatic rings. The molecule has 0 unspecified atom stereocenters. The molecule has 0 spiro atoms. The molecule has 162 valence electrons. The fraction of sp³-hybridized carbons (Fsp3) is 0.565. The summed E-state index contributed by atoms with van der Waals surface area (Å²) in [5, 5.41) is 7.35. The predicted molar refractivity (Wildman–Crippen MR) is 125 cm³/mol. The zero-order chi connectivity index (χ0) is 21.4. The van der Waals surface area contributed by atoms with Crippen LogP contribution in [0.25, 0.3) is 0 Å². The van der Waals surface area contributed by atoms with E-state index in [0.29, 0.717) is 11.7 Å². The Morgan fingerprint density at radius 2 is 1.53 bits per heavy atom. The second-order valence-electron chi connectivity index (χ2n) is 9.91. The van der Waals surface area contributed by atoms with Gasteiger partial charge in [-0.3, -0.25) is 0 Å². The fourth-order valence-electron chi connectivity index (χ4n) is 5.19. The second kappa shape index (κ2) is 7.95. The van der Waals surface area contributed by atoms with E-state index in [2.05, 4.69) is 88.4 Å². The highest BCUT2D eigenvalue weighted by molar-refractivity contribution is 5.75. The number of para-hydroxylation sites is 1. The first kappa shape index (κ1) is 20.7. The van der Waals surface area contributed by atoms with E-state index in [1.165, 1.54) is 5.69 Å². The number of nitrogens with two attached hydrogens (primary N) is 1. The molecule has 1 aromatic heterocycles. The molecule has 4 N–H and O–H groups in total. The number of hydrogen-bond donors (Lipinski definition) is 3. The van der Waals surface area contributed by atoms with Gasteiger partial charge in [0.05, 0.1) is 0 Å². The van der Waals surface area contributed by atoms with Crippen LogP contribution < -0.4 is 26.2 Å². The van der Waals surface area contributed by atoms with Gasteiger partial charge in [-0.2, -0.15) is 0 Å². The van der Waals surface area contributed by atoms with Crippen LogP contribution in [-0.2, 0) is 0 Å². The topological polar surface area (TPSA) is 82.3 Å². The monoisotopic (exact) mass is 409 g/mol. The summed E-state index contributed by atoms with van der Waals surface area (Å²) >= 11 is 0.